The first-order valence-corrected chi connectivity index (χ1v) is 5.91. The van der Waals surface area contributed by atoms with Crippen molar-refractivity contribution in [1.29, 1.82) is 5.26 Å². The van der Waals surface area contributed by atoms with Crippen molar-refractivity contribution in [3.05, 3.63) is 23.1 Å². The van der Waals surface area contributed by atoms with E-state index in [4.69, 9.17) is 15.9 Å². The molecule has 0 aromatic carbocycles. The maximum absolute atomic E-state index is 13.2. The Hall–Kier alpha value is -1.33. The minimum Gasteiger partial charge on any atom is -0.231 e. The van der Waals surface area contributed by atoms with Crippen molar-refractivity contribution in [3.8, 4) is 6.07 Å². The molecular formula is C7H2ClF3N2O2S. The Bertz CT molecular complexity index is 568. The molecule has 9 heteroatoms. The lowest BCUT2D eigenvalue weighted by Crippen LogP contribution is -2.05. The molecule has 0 aliphatic heterocycles. The average molecular weight is 271 g/mol. The van der Waals surface area contributed by atoms with Crippen molar-refractivity contribution in [2.75, 3.05) is 0 Å². The summed E-state index contributed by atoms with van der Waals surface area (Å²) >= 11 is 0. The van der Waals surface area contributed by atoms with Crippen LogP contribution < -0.4 is 0 Å². The Kier molecular flexibility index (Phi) is 3.40. The fraction of sp³-hybridized carbons (Fsp3) is 0.143. The van der Waals surface area contributed by atoms with Gasteiger partial charge in [0.1, 0.15) is 11.8 Å². The summed E-state index contributed by atoms with van der Waals surface area (Å²) in [6.45, 7) is 0. The molecular weight excluding hydrogens is 269 g/mol. The lowest BCUT2D eigenvalue weighted by molar-refractivity contribution is 0.145. The van der Waals surface area contributed by atoms with E-state index in [1.165, 1.54) is 6.07 Å². The minimum atomic E-state index is -4.62. The van der Waals surface area contributed by atoms with Gasteiger partial charge in [0.15, 0.2) is 5.82 Å². The molecule has 1 aromatic heterocycles. The summed E-state index contributed by atoms with van der Waals surface area (Å²) in [7, 11) is 0.164. The fourth-order valence-corrected chi connectivity index (χ4v) is 1.72. The smallest absolute Gasteiger partial charge is 0.231 e. The molecule has 1 heterocycles. The SMILES string of the molecule is N#Cc1cc(C(F)F)nc(S(=O)(=O)Cl)c1F. The number of hydrogen-bond acceptors (Lipinski definition) is 4. The van der Waals surface area contributed by atoms with Crippen LogP contribution in [0.25, 0.3) is 0 Å². The molecule has 86 valence electrons. The standard InChI is InChI=1S/C7H2ClF3N2O2S/c8-16(14,15)7-5(9)3(2-12)1-4(13-7)6(10)11/h1,6H. The molecule has 0 saturated heterocycles. The zero-order valence-corrected chi connectivity index (χ0v) is 8.86. The van der Waals surface area contributed by atoms with E-state index in [0.29, 0.717) is 6.07 Å². The van der Waals surface area contributed by atoms with Crippen molar-refractivity contribution in [1.82, 2.24) is 4.98 Å². The largest absolute Gasteiger partial charge is 0.281 e. The predicted molar refractivity (Wildman–Crippen MR) is 46.9 cm³/mol. The highest BCUT2D eigenvalue weighted by Crippen LogP contribution is 2.25. The molecule has 4 nitrogen and oxygen atoms in total. The number of aromatic nitrogens is 1. The van der Waals surface area contributed by atoms with E-state index >= 15 is 0 Å². The monoisotopic (exact) mass is 270 g/mol. The molecule has 0 unspecified atom stereocenters. The van der Waals surface area contributed by atoms with Crippen molar-refractivity contribution in [2.24, 2.45) is 0 Å². The summed E-state index contributed by atoms with van der Waals surface area (Å²) in [6.07, 6.45) is -3.13. The maximum Gasteiger partial charge on any atom is 0.281 e. The van der Waals surface area contributed by atoms with Crippen LogP contribution in [0.1, 0.15) is 17.7 Å². The first-order chi connectivity index (χ1) is 7.27. The molecule has 16 heavy (non-hydrogen) atoms. The normalized spacial score (nSPS) is 11.5. The molecule has 0 radical (unpaired) electrons. The molecule has 0 aliphatic rings. The van der Waals surface area contributed by atoms with Crippen LogP contribution in [-0.4, -0.2) is 13.4 Å². The van der Waals surface area contributed by atoms with Gasteiger partial charge in [-0.05, 0) is 6.07 Å². The maximum atomic E-state index is 13.2. The molecule has 0 bridgehead atoms. The Morgan fingerprint density at radius 1 is 1.50 bits per heavy atom. The zero-order chi connectivity index (χ0) is 12.5. The Labute approximate surface area is 92.7 Å². The topological polar surface area (TPSA) is 70.8 Å². The van der Waals surface area contributed by atoms with E-state index in [0.717, 1.165) is 0 Å². The third kappa shape index (κ3) is 2.43. The lowest BCUT2D eigenvalue weighted by Gasteiger charge is -2.04. The van der Waals surface area contributed by atoms with Gasteiger partial charge in [0.2, 0.25) is 5.03 Å². The quantitative estimate of drug-likeness (QED) is 0.770. The summed E-state index contributed by atoms with van der Waals surface area (Å²) in [6, 6.07) is 1.70. The van der Waals surface area contributed by atoms with Crippen molar-refractivity contribution >= 4 is 19.7 Å². The van der Waals surface area contributed by atoms with Gasteiger partial charge in [0, 0.05) is 10.7 Å². The van der Waals surface area contributed by atoms with Crippen LogP contribution in [0, 0.1) is 17.1 Å². The van der Waals surface area contributed by atoms with Crippen molar-refractivity contribution in [3.63, 3.8) is 0 Å². The molecule has 0 saturated carbocycles. The zero-order valence-electron chi connectivity index (χ0n) is 7.29. The van der Waals surface area contributed by atoms with Crippen LogP contribution in [0.2, 0.25) is 0 Å². The number of hydrogen-bond donors (Lipinski definition) is 0. The first kappa shape index (κ1) is 12.7. The van der Waals surface area contributed by atoms with Crippen LogP contribution in [-0.2, 0) is 9.05 Å². The molecule has 0 atom stereocenters. The van der Waals surface area contributed by atoms with Crippen LogP contribution >= 0.6 is 10.7 Å². The van der Waals surface area contributed by atoms with Gasteiger partial charge in [0.25, 0.3) is 15.5 Å². The van der Waals surface area contributed by atoms with Gasteiger partial charge in [-0.3, -0.25) is 0 Å². The molecule has 0 amide bonds. The Morgan fingerprint density at radius 3 is 2.44 bits per heavy atom. The minimum absolute atomic E-state index is 0.464. The number of nitriles is 1. The second-order valence-corrected chi connectivity index (χ2v) is 5.05. The highest BCUT2D eigenvalue weighted by molar-refractivity contribution is 8.13. The average Bonchev–Trinajstić information content (AvgIpc) is 2.15. The van der Waals surface area contributed by atoms with Gasteiger partial charge in [-0.25, -0.2) is 26.6 Å². The van der Waals surface area contributed by atoms with Gasteiger partial charge in [-0.1, -0.05) is 0 Å². The van der Waals surface area contributed by atoms with Crippen LogP contribution in [0.3, 0.4) is 0 Å². The van der Waals surface area contributed by atoms with E-state index in [2.05, 4.69) is 4.98 Å². The third-order valence-electron chi connectivity index (χ3n) is 1.52. The third-order valence-corrected chi connectivity index (χ3v) is 2.69. The molecule has 0 fully saturated rings. The molecule has 1 rings (SSSR count). The predicted octanol–water partition coefficient (Wildman–Crippen LogP) is 1.96. The van der Waals surface area contributed by atoms with E-state index in [1.807, 2.05) is 0 Å². The second-order valence-electron chi connectivity index (χ2n) is 2.56. The van der Waals surface area contributed by atoms with E-state index in [-0.39, 0.29) is 0 Å². The number of pyridine rings is 1. The van der Waals surface area contributed by atoms with Gasteiger partial charge in [-0.15, -0.1) is 0 Å². The Balaban J connectivity index is 3.63. The molecule has 1 aromatic rings. The van der Waals surface area contributed by atoms with Crippen LogP contribution in [0.5, 0.6) is 0 Å². The van der Waals surface area contributed by atoms with Gasteiger partial charge < -0.3 is 0 Å². The summed E-state index contributed by atoms with van der Waals surface area (Å²) < 4.78 is 59.3. The van der Waals surface area contributed by atoms with Gasteiger partial charge >= 0.3 is 0 Å². The number of halogens is 4. The Morgan fingerprint density at radius 2 is 2.06 bits per heavy atom. The highest BCUT2D eigenvalue weighted by Gasteiger charge is 2.25. The lowest BCUT2D eigenvalue weighted by atomic mass is 10.2. The van der Waals surface area contributed by atoms with Gasteiger partial charge in [0.05, 0.1) is 5.56 Å². The number of rotatable bonds is 2. The summed E-state index contributed by atoms with van der Waals surface area (Å²) in [5.41, 5.74) is -1.89. The molecule has 0 N–H and O–H groups in total. The van der Waals surface area contributed by atoms with E-state index in [9.17, 15) is 21.6 Å². The van der Waals surface area contributed by atoms with Gasteiger partial charge in [-0.2, -0.15) is 5.26 Å². The summed E-state index contributed by atoms with van der Waals surface area (Å²) in [5.74, 6) is -1.54. The first-order valence-electron chi connectivity index (χ1n) is 3.60. The summed E-state index contributed by atoms with van der Waals surface area (Å²) in [4.78, 5) is 2.86. The van der Waals surface area contributed by atoms with Crippen LogP contribution in [0.4, 0.5) is 13.2 Å². The summed E-state index contributed by atoms with van der Waals surface area (Å²) in [5, 5.41) is 7.04. The van der Waals surface area contributed by atoms with E-state index < -0.39 is 37.6 Å². The number of alkyl halides is 2. The fourth-order valence-electron chi connectivity index (χ4n) is 0.880. The molecule has 0 spiro atoms. The highest BCUT2D eigenvalue weighted by atomic mass is 35.7. The number of nitrogens with zero attached hydrogens (tertiary/aromatic N) is 2. The van der Waals surface area contributed by atoms with Crippen LogP contribution in [0.15, 0.2) is 11.1 Å². The van der Waals surface area contributed by atoms with Crippen molar-refractivity contribution < 1.29 is 21.6 Å². The molecule has 0 aliphatic carbocycles. The second kappa shape index (κ2) is 4.27. The van der Waals surface area contributed by atoms with E-state index in [1.54, 1.807) is 0 Å². The van der Waals surface area contributed by atoms with Crippen molar-refractivity contribution in [2.45, 2.75) is 11.5 Å².